The minimum atomic E-state index is -0.865. The third-order valence-electron chi connectivity index (χ3n) is 2.84. The number of hydrogen-bond donors (Lipinski definition) is 0. The number of rotatable bonds is 3. The minimum Gasteiger partial charge on any atom is -0.463 e. The summed E-state index contributed by atoms with van der Waals surface area (Å²) in [5, 5.41) is 0. The van der Waals surface area contributed by atoms with E-state index in [1.807, 2.05) is 0 Å². The molecule has 0 N–H and O–H groups in total. The molecule has 1 amide bonds. The quantitative estimate of drug-likeness (QED) is 0.574. The summed E-state index contributed by atoms with van der Waals surface area (Å²) in [5.74, 6) is -1.47. The smallest absolute Gasteiger partial charge is 0.410 e. The van der Waals surface area contributed by atoms with Crippen LogP contribution in [0, 0.1) is 0 Å². The predicted molar refractivity (Wildman–Crippen MR) is 67.6 cm³/mol. The Bertz CT molecular complexity index is 372. The van der Waals surface area contributed by atoms with Crippen LogP contribution in [0.1, 0.15) is 40.0 Å². The Morgan fingerprint density at radius 1 is 1.26 bits per heavy atom. The molecular formula is C13H21NO5. The Kier molecular flexibility index (Phi) is 4.91. The highest BCUT2D eigenvalue weighted by molar-refractivity contribution is 6.33. The van der Waals surface area contributed by atoms with Gasteiger partial charge in [0.1, 0.15) is 5.60 Å². The van der Waals surface area contributed by atoms with Crippen molar-refractivity contribution in [1.82, 2.24) is 4.90 Å². The number of carbonyl (C=O) groups is 3. The molecule has 0 radical (unpaired) electrons. The minimum absolute atomic E-state index is 0.00802. The molecule has 108 valence electrons. The maximum absolute atomic E-state index is 12.0. The van der Waals surface area contributed by atoms with Gasteiger partial charge in [-0.25, -0.2) is 9.59 Å². The summed E-state index contributed by atoms with van der Waals surface area (Å²) in [5.41, 5.74) is -0.573. The van der Waals surface area contributed by atoms with Crippen LogP contribution in [-0.2, 0) is 19.1 Å². The van der Waals surface area contributed by atoms with Crippen LogP contribution >= 0.6 is 0 Å². The molecule has 0 aromatic carbocycles. The molecule has 1 rings (SSSR count). The van der Waals surface area contributed by atoms with Crippen LogP contribution in [0.2, 0.25) is 0 Å². The van der Waals surface area contributed by atoms with Crippen molar-refractivity contribution in [1.29, 1.82) is 0 Å². The Hall–Kier alpha value is -1.59. The van der Waals surface area contributed by atoms with E-state index < -0.39 is 23.4 Å². The van der Waals surface area contributed by atoms with Crippen molar-refractivity contribution < 1.29 is 23.9 Å². The van der Waals surface area contributed by atoms with Crippen molar-refractivity contribution in [2.45, 2.75) is 51.7 Å². The van der Waals surface area contributed by atoms with E-state index >= 15 is 0 Å². The summed E-state index contributed by atoms with van der Waals surface area (Å²) in [6.07, 6.45) is 1.05. The van der Waals surface area contributed by atoms with E-state index in [1.165, 1.54) is 12.0 Å². The molecule has 1 saturated heterocycles. The Labute approximate surface area is 113 Å². The fourth-order valence-electron chi connectivity index (χ4n) is 2.02. The zero-order valence-electron chi connectivity index (χ0n) is 11.9. The van der Waals surface area contributed by atoms with E-state index in [-0.39, 0.29) is 12.5 Å². The van der Waals surface area contributed by atoms with E-state index in [0.717, 1.165) is 6.42 Å². The lowest BCUT2D eigenvalue weighted by Gasteiger charge is -2.28. The number of nitrogens with zero attached hydrogens (tertiary/aromatic N) is 1. The highest BCUT2D eigenvalue weighted by atomic mass is 16.6. The number of likely N-dealkylation sites (tertiary alicyclic amines) is 1. The fourth-order valence-corrected chi connectivity index (χ4v) is 2.02. The average Bonchev–Trinajstić information content (AvgIpc) is 2.73. The second-order valence-electron chi connectivity index (χ2n) is 5.59. The highest BCUT2D eigenvalue weighted by Crippen LogP contribution is 2.23. The predicted octanol–water partition coefficient (Wildman–Crippen LogP) is 1.52. The summed E-state index contributed by atoms with van der Waals surface area (Å²) in [4.78, 5) is 36.1. The summed E-state index contributed by atoms with van der Waals surface area (Å²) < 4.78 is 9.66. The fraction of sp³-hybridized carbons (Fsp3) is 0.769. The Balaban J connectivity index is 2.61. The van der Waals surface area contributed by atoms with Crippen LogP contribution in [-0.4, -0.2) is 48.0 Å². The molecule has 0 aromatic rings. The molecule has 0 aromatic heterocycles. The molecule has 0 spiro atoms. The molecule has 6 nitrogen and oxygen atoms in total. The average molecular weight is 271 g/mol. The van der Waals surface area contributed by atoms with Gasteiger partial charge >= 0.3 is 12.1 Å². The lowest BCUT2D eigenvalue weighted by atomic mass is 10.1. The Morgan fingerprint density at radius 2 is 1.89 bits per heavy atom. The zero-order chi connectivity index (χ0) is 14.6. The van der Waals surface area contributed by atoms with Gasteiger partial charge in [-0.1, -0.05) is 0 Å². The number of amides is 1. The normalized spacial score (nSPS) is 19.2. The van der Waals surface area contributed by atoms with Gasteiger partial charge in [0.05, 0.1) is 7.11 Å². The third-order valence-corrected chi connectivity index (χ3v) is 2.84. The molecule has 0 bridgehead atoms. The number of Topliss-reactive ketones (excluding diaryl/α,β-unsaturated/α-hetero) is 1. The van der Waals surface area contributed by atoms with Crippen molar-refractivity contribution in [2.75, 3.05) is 13.7 Å². The van der Waals surface area contributed by atoms with Gasteiger partial charge in [-0.3, -0.25) is 4.79 Å². The molecular weight excluding hydrogens is 250 g/mol. The lowest BCUT2D eigenvalue weighted by molar-refractivity contribution is -0.152. The first-order chi connectivity index (χ1) is 8.74. The van der Waals surface area contributed by atoms with Crippen molar-refractivity contribution in [3.63, 3.8) is 0 Å². The molecule has 6 heteroatoms. The topological polar surface area (TPSA) is 72.9 Å². The largest absolute Gasteiger partial charge is 0.463 e. The van der Waals surface area contributed by atoms with Crippen LogP contribution < -0.4 is 0 Å². The maximum atomic E-state index is 12.0. The first-order valence-electron chi connectivity index (χ1n) is 6.35. The van der Waals surface area contributed by atoms with Crippen molar-refractivity contribution >= 4 is 17.8 Å². The molecule has 1 unspecified atom stereocenters. The van der Waals surface area contributed by atoms with Crippen LogP contribution in [0.15, 0.2) is 0 Å². The van der Waals surface area contributed by atoms with Crippen molar-refractivity contribution in [3.8, 4) is 0 Å². The van der Waals surface area contributed by atoms with Gasteiger partial charge in [0.25, 0.3) is 0 Å². The number of ether oxygens (including phenoxy) is 2. The first kappa shape index (κ1) is 15.5. The van der Waals surface area contributed by atoms with Crippen LogP contribution in [0.3, 0.4) is 0 Å². The number of hydrogen-bond acceptors (Lipinski definition) is 5. The molecule has 1 fully saturated rings. The zero-order valence-corrected chi connectivity index (χ0v) is 11.9. The first-order valence-corrected chi connectivity index (χ1v) is 6.35. The molecule has 1 heterocycles. The van der Waals surface area contributed by atoms with Crippen molar-refractivity contribution in [2.24, 2.45) is 0 Å². The second-order valence-corrected chi connectivity index (χ2v) is 5.59. The summed E-state index contributed by atoms with van der Waals surface area (Å²) in [6, 6.07) is -0.276. The number of methoxy groups -OCH3 is 1. The third kappa shape index (κ3) is 4.54. The SMILES string of the molecule is COC(=O)C(=O)CC1CCCN1C(=O)OC(C)(C)C. The second kappa shape index (κ2) is 6.04. The van der Waals surface area contributed by atoms with E-state index in [1.54, 1.807) is 20.8 Å². The van der Waals surface area contributed by atoms with Gasteiger partial charge < -0.3 is 14.4 Å². The van der Waals surface area contributed by atoms with Crippen molar-refractivity contribution in [3.05, 3.63) is 0 Å². The molecule has 1 atom stereocenters. The van der Waals surface area contributed by atoms with Gasteiger partial charge in [0.2, 0.25) is 5.78 Å². The highest BCUT2D eigenvalue weighted by Gasteiger charge is 2.34. The van der Waals surface area contributed by atoms with E-state index in [2.05, 4.69) is 4.74 Å². The lowest BCUT2D eigenvalue weighted by Crippen LogP contribution is -2.41. The Morgan fingerprint density at radius 3 is 2.42 bits per heavy atom. The number of ketones is 1. The van der Waals surface area contributed by atoms with Gasteiger partial charge in [0, 0.05) is 19.0 Å². The maximum Gasteiger partial charge on any atom is 0.410 e. The summed E-state index contributed by atoms with van der Waals surface area (Å²) in [7, 11) is 1.17. The molecule has 1 aliphatic heterocycles. The monoisotopic (exact) mass is 271 g/mol. The number of carbonyl (C=O) groups excluding carboxylic acids is 3. The van der Waals surface area contributed by atoms with Gasteiger partial charge in [-0.2, -0.15) is 0 Å². The molecule has 0 aliphatic carbocycles. The van der Waals surface area contributed by atoms with Gasteiger partial charge in [-0.15, -0.1) is 0 Å². The van der Waals surface area contributed by atoms with Gasteiger partial charge in [-0.05, 0) is 33.6 Å². The number of esters is 1. The van der Waals surface area contributed by atoms with Gasteiger partial charge in [0.15, 0.2) is 0 Å². The van der Waals surface area contributed by atoms with E-state index in [9.17, 15) is 14.4 Å². The van der Waals surface area contributed by atoms with E-state index in [0.29, 0.717) is 13.0 Å². The van der Waals surface area contributed by atoms with Crippen LogP contribution in [0.4, 0.5) is 4.79 Å². The molecule has 0 saturated carbocycles. The molecule has 19 heavy (non-hydrogen) atoms. The summed E-state index contributed by atoms with van der Waals surface area (Å²) in [6.45, 7) is 5.91. The summed E-state index contributed by atoms with van der Waals surface area (Å²) >= 11 is 0. The van der Waals surface area contributed by atoms with Crippen LogP contribution in [0.5, 0.6) is 0 Å². The molecule has 1 aliphatic rings. The van der Waals surface area contributed by atoms with Crippen LogP contribution in [0.25, 0.3) is 0 Å². The van der Waals surface area contributed by atoms with E-state index in [4.69, 9.17) is 4.74 Å². The standard InChI is InChI=1S/C13H21NO5/c1-13(2,3)19-12(17)14-7-5-6-9(14)8-10(15)11(16)18-4/h9H,5-8H2,1-4H3.